The summed E-state index contributed by atoms with van der Waals surface area (Å²) >= 11 is 0. The van der Waals surface area contributed by atoms with Crippen LogP contribution in [0.5, 0.6) is 6.01 Å². The molecule has 0 aliphatic heterocycles. The van der Waals surface area contributed by atoms with Crippen LogP contribution in [0.4, 0.5) is 0 Å². The van der Waals surface area contributed by atoms with Gasteiger partial charge in [0.25, 0.3) is 0 Å². The molecule has 0 atom stereocenters. The maximum absolute atomic E-state index is 6.03. The highest BCUT2D eigenvalue weighted by Gasteiger charge is 2.40. The van der Waals surface area contributed by atoms with E-state index in [4.69, 9.17) is 10.5 Å². The summed E-state index contributed by atoms with van der Waals surface area (Å²) in [5, 5.41) is 0. The lowest BCUT2D eigenvalue weighted by Crippen LogP contribution is -2.41. The molecule has 19 heavy (non-hydrogen) atoms. The monoisotopic (exact) mass is 260 g/mol. The van der Waals surface area contributed by atoms with Gasteiger partial charge in [0.15, 0.2) is 0 Å². The summed E-state index contributed by atoms with van der Waals surface area (Å²) in [7, 11) is 3.64. The Morgan fingerprint density at radius 1 is 1.42 bits per heavy atom. The number of ether oxygens (including phenoxy) is 1. The SMILES string of the molecule is COc1nc(C)c2c(n1)c(C1(CN)CCC1)cn2C. The summed E-state index contributed by atoms with van der Waals surface area (Å²) in [6.07, 6.45) is 5.70. The number of fused-ring (bicyclic) bond motifs is 1. The lowest BCUT2D eigenvalue weighted by atomic mass is 9.65. The number of rotatable bonds is 3. The Morgan fingerprint density at radius 2 is 2.16 bits per heavy atom. The minimum atomic E-state index is 0.102. The van der Waals surface area contributed by atoms with Crippen molar-refractivity contribution in [2.75, 3.05) is 13.7 Å². The first-order valence-electron chi connectivity index (χ1n) is 6.69. The van der Waals surface area contributed by atoms with Gasteiger partial charge in [-0.05, 0) is 19.8 Å². The van der Waals surface area contributed by atoms with E-state index in [0.717, 1.165) is 29.6 Å². The van der Waals surface area contributed by atoms with Crippen molar-refractivity contribution in [3.05, 3.63) is 17.5 Å². The molecule has 1 fully saturated rings. The number of hydrogen-bond acceptors (Lipinski definition) is 4. The summed E-state index contributed by atoms with van der Waals surface area (Å²) in [5.41, 5.74) is 10.4. The lowest BCUT2D eigenvalue weighted by molar-refractivity contribution is 0.254. The molecule has 2 N–H and O–H groups in total. The van der Waals surface area contributed by atoms with Gasteiger partial charge in [0.05, 0.1) is 23.8 Å². The van der Waals surface area contributed by atoms with Crippen LogP contribution in [0.2, 0.25) is 0 Å². The van der Waals surface area contributed by atoms with Gasteiger partial charge in [-0.1, -0.05) is 6.42 Å². The van der Waals surface area contributed by atoms with Crippen molar-refractivity contribution in [3.8, 4) is 6.01 Å². The van der Waals surface area contributed by atoms with E-state index in [1.54, 1.807) is 7.11 Å². The van der Waals surface area contributed by atoms with Gasteiger partial charge in [-0.15, -0.1) is 0 Å². The van der Waals surface area contributed by atoms with Crippen molar-refractivity contribution in [1.82, 2.24) is 14.5 Å². The van der Waals surface area contributed by atoms with Gasteiger partial charge in [0.1, 0.15) is 0 Å². The van der Waals surface area contributed by atoms with Gasteiger partial charge >= 0.3 is 6.01 Å². The van der Waals surface area contributed by atoms with E-state index in [0.29, 0.717) is 12.6 Å². The Balaban J connectivity index is 2.28. The molecule has 5 nitrogen and oxygen atoms in total. The molecule has 0 radical (unpaired) electrons. The Morgan fingerprint density at radius 3 is 2.68 bits per heavy atom. The standard InChI is InChI=1S/C14H20N4O/c1-9-12-11(17-13(16-9)19-3)10(7-18(12)2)14(8-15)5-4-6-14/h7H,4-6,8,15H2,1-3H3. The van der Waals surface area contributed by atoms with Gasteiger partial charge in [-0.3, -0.25) is 0 Å². The fourth-order valence-electron chi connectivity index (χ4n) is 3.14. The first-order chi connectivity index (χ1) is 9.11. The number of nitrogens with two attached hydrogens (primary N) is 1. The van der Waals surface area contributed by atoms with Crippen molar-refractivity contribution in [1.29, 1.82) is 0 Å². The third kappa shape index (κ3) is 1.64. The predicted octanol–water partition coefficient (Wildman–Crippen LogP) is 1.67. The molecule has 0 aromatic carbocycles. The molecular weight excluding hydrogens is 240 g/mol. The minimum Gasteiger partial charge on any atom is -0.467 e. The number of hydrogen-bond donors (Lipinski definition) is 1. The van der Waals surface area contributed by atoms with Gasteiger partial charge in [-0.25, -0.2) is 0 Å². The average molecular weight is 260 g/mol. The van der Waals surface area contributed by atoms with Crippen LogP contribution < -0.4 is 10.5 Å². The molecule has 1 aliphatic carbocycles. The van der Waals surface area contributed by atoms with Crippen molar-refractivity contribution >= 4 is 11.0 Å². The molecule has 1 saturated carbocycles. The van der Waals surface area contributed by atoms with Crippen LogP contribution in [0, 0.1) is 6.92 Å². The largest absolute Gasteiger partial charge is 0.467 e. The molecule has 0 bridgehead atoms. The highest BCUT2D eigenvalue weighted by atomic mass is 16.5. The number of nitrogens with zero attached hydrogens (tertiary/aromatic N) is 3. The average Bonchev–Trinajstić information content (AvgIpc) is 2.67. The fraction of sp³-hybridized carbons (Fsp3) is 0.571. The number of aryl methyl sites for hydroxylation is 2. The summed E-state index contributed by atoms with van der Waals surface area (Å²) < 4.78 is 7.31. The molecule has 1 aliphatic rings. The van der Waals surface area contributed by atoms with Gasteiger partial charge in [0, 0.05) is 30.8 Å². The first-order valence-corrected chi connectivity index (χ1v) is 6.69. The molecule has 0 unspecified atom stereocenters. The van der Waals surface area contributed by atoms with Gasteiger partial charge in [0.2, 0.25) is 0 Å². The molecule has 2 aromatic rings. The Bertz CT molecular complexity index is 622. The normalized spacial score (nSPS) is 17.5. The molecule has 2 heterocycles. The molecular formula is C14H20N4O. The maximum Gasteiger partial charge on any atom is 0.317 e. The van der Waals surface area contributed by atoms with E-state index in [9.17, 15) is 0 Å². The summed E-state index contributed by atoms with van der Waals surface area (Å²) in [5.74, 6) is 0. The van der Waals surface area contributed by atoms with Crippen molar-refractivity contribution < 1.29 is 4.74 Å². The van der Waals surface area contributed by atoms with E-state index in [1.807, 2.05) is 14.0 Å². The highest BCUT2D eigenvalue weighted by molar-refractivity contribution is 5.83. The molecule has 5 heteroatoms. The fourth-order valence-corrected chi connectivity index (χ4v) is 3.14. The summed E-state index contributed by atoms with van der Waals surface area (Å²) in [4.78, 5) is 8.92. The van der Waals surface area contributed by atoms with Crippen LogP contribution in [-0.4, -0.2) is 28.2 Å². The van der Waals surface area contributed by atoms with Crippen molar-refractivity contribution in [2.45, 2.75) is 31.6 Å². The number of methoxy groups -OCH3 is 1. The second kappa shape index (κ2) is 4.20. The number of aromatic nitrogens is 3. The topological polar surface area (TPSA) is 66.0 Å². The van der Waals surface area contributed by atoms with Crippen LogP contribution >= 0.6 is 0 Å². The Labute approximate surface area is 112 Å². The molecule has 2 aromatic heterocycles. The third-order valence-corrected chi connectivity index (χ3v) is 4.42. The van der Waals surface area contributed by atoms with E-state index in [-0.39, 0.29) is 5.41 Å². The summed E-state index contributed by atoms with van der Waals surface area (Å²) in [6, 6.07) is 0.434. The highest BCUT2D eigenvalue weighted by Crippen LogP contribution is 2.45. The lowest BCUT2D eigenvalue weighted by Gasteiger charge is -2.40. The zero-order chi connectivity index (χ0) is 13.6. The maximum atomic E-state index is 6.03. The van der Waals surface area contributed by atoms with Crippen LogP contribution in [0.15, 0.2) is 6.20 Å². The van der Waals surface area contributed by atoms with E-state index < -0.39 is 0 Å². The van der Waals surface area contributed by atoms with Crippen LogP contribution in [0.1, 0.15) is 30.5 Å². The second-order valence-electron chi connectivity index (χ2n) is 5.48. The van der Waals surface area contributed by atoms with Crippen molar-refractivity contribution in [3.63, 3.8) is 0 Å². The zero-order valence-corrected chi connectivity index (χ0v) is 11.7. The second-order valence-corrected chi connectivity index (χ2v) is 5.48. The molecule has 3 rings (SSSR count). The van der Waals surface area contributed by atoms with E-state index in [1.165, 1.54) is 12.0 Å². The Kier molecular flexibility index (Phi) is 2.74. The Hall–Kier alpha value is -1.62. The van der Waals surface area contributed by atoms with Crippen molar-refractivity contribution in [2.24, 2.45) is 12.8 Å². The molecule has 0 spiro atoms. The van der Waals surface area contributed by atoms with Gasteiger partial charge < -0.3 is 15.0 Å². The smallest absolute Gasteiger partial charge is 0.317 e. The third-order valence-electron chi connectivity index (χ3n) is 4.42. The molecule has 0 saturated heterocycles. The zero-order valence-electron chi connectivity index (χ0n) is 11.7. The van der Waals surface area contributed by atoms with Crippen LogP contribution in [0.25, 0.3) is 11.0 Å². The summed E-state index contributed by atoms with van der Waals surface area (Å²) in [6.45, 7) is 2.67. The molecule has 102 valence electrons. The van der Waals surface area contributed by atoms with Crippen LogP contribution in [-0.2, 0) is 12.5 Å². The quantitative estimate of drug-likeness (QED) is 0.911. The van der Waals surface area contributed by atoms with Crippen LogP contribution in [0.3, 0.4) is 0 Å². The van der Waals surface area contributed by atoms with E-state index in [2.05, 4.69) is 20.7 Å². The molecule has 0 amide bonds. The minimum absolute atomic E-state index is 0.102. The van der Waals surface area contributed by atoms with Gasteiger partial charge in [-0.2, -0.15) is 9.97 Å². The van der Waals surface area contributed by atoms with E-state index >= 15 is 0 Å². The predicted molar refractivity (Wildman–Crippen MR) is 74.4 cm³/mol. The first kappa shape index (κ1) is 12.4.